The molecule has 30 heavy (non-hydrogen) atoms. The zero-order valence-electron chi connectivity index (χ0n) is 19.8. The standard InChI is InChI=1S/C25H42O4.Na/c1-5-6-14(2)18-7-8-19-22-17(23(28)29)12-15-11-16(26)9-10-24(15,3)20(22)13-21(27)25(18,19)4;/h14-22,26-27H,5-13H2,1-4H3,(H,28,29);/q;+1/p-1/t14-,15+,16-,17?,18-,19?,20?,21+,22?,24+,25-;/m1./s1. The molecule has 4 rings (SSSR count). The van der Waals surface area contributed by atoms with Gasteiger partial charge in [-0.2, -0.15) is 0 Å². The number of aliphatic hydroxyl groups excluding tert-OH is 2. The molecule has 4 aliphatic carbocycles. The van der Waals surface area contributed by atoms with Gasteiger partial charge in [0.1, 0.15) is 0 Å². The number of carboxylic acid groups (broad SMARTS) is 1. The van der Waals surface area contributed by atoms with Crippen molar-refractivity contribution < 1.29 is 49.7 Å². The first-order chi connectivity index (χ1) is 13.6. The maximum absolute atomic E-state index is 12.3. The Labute approximate surface area is 204 Å². The molecule has 166 valence electrons. The van der Waals surface area contributed by atoms with Gasteiger partial charge in [-0.3, -0.25) is 0 Å². The van der Waals surface area contributed by atoms with E-state index in [-0.39, 0.29) is 76.3 Å². The normalized spacial score (nSPS) is 51.1. The molecule has 4 unspecified atom stereocenters. The van der Waals surface area contributed by atoms with E-state index in [2.05, 4.69) is 27.7 Å². The monoisotopic (exact) mass is 428 g/mol. The molecule has 4 nitrogen and oxygen atoms in total. The zero-order valence-corrected chi connectivity index (χ0v) is 21.8. The van der Waals surface area contributed by atoms with Crippen LogP contribution in [0.2, 0.25) is 0 Å². The number of carboxylic acids is 1. The SMILES string of the molecule is CCC[C@@H](C)[C@H]1CCC2C3C(C(=O)[O-])C[C@@H]4C[C@H](O)CC[C@]4(C)C3C[C@H](O)[C@@]21C.[Na+]. The Morgan fingerprint density at radius 3 is 2.43 bits per heavy atom. The fourth-order valence-electron chi connectivity index (χ4n) is 9.08. The number of aliphatic hydroxyl groups is 2. The topological polar surface area (TPSA) is 80.6 Å². The van der Waals surface area contributed by atoms with Gasteiger partial charge in [-0.25, -0.2) is 0 Å². The maximum Gasteiger partial charge on any atom is 1.00 e. The molecule has 0 heterocycles. The Hall–Kier alpha value is 0.390. The van der Waals surface area contributed by atoms with Crippen molar-refractivity contribution in [2.45, 2.75) is 97.7 Å². The third-order valence-corrected chi connectivity index (χ3v) is 10.6. The summed E-state index contributed by atoms with van der Waals surface area (Å²) in [6.45, 7) is 9.16. The molecule has 0 spiro atoms. The van der Waals surface area contributed by atoms with Crippen LogP contribution in [-0.4, -0.2) is 28.4 Å². The predicted molar refractivity (Wildman–Crippen MR) is 111 cm³/mol. The predicted octanol–water partition coefficient (Wildman–Crippen LogP) is 0.393. The van der Waals surface area contributed by atoms with E-state index in [0.29, 0.717) is 24.7 Å². The maximum atomic E-state index is 12.3. The van der Waals surface area contributed by atoms with E-state index in [1.165, 1.54) is 6.42 Å². The summed E-state index contributed by atoms with van der Waals surface area (Å²) in [5.74, 6) is 0.556. The van der Waals surface area contributed by atoms with Crippen LogP contribution in [0.4, 0.5) is 0 Å². The van der Waals surface area contributed by atoms with Crippen molar-refractivity contribution in [3.05, 3.63) is 0 Å². The van der Waals surface area contributed by atoms with Gasteiger partial charge in [0, 0.05) is 11.9 Å². The minimum atomic E-state index is -0.897. The third kappa shape index (κ3) is 3.65. The van der Waals surface area contributed by atoms with E-state index in [1.807, 2.05) is 0 Å². The minimum Gasteiger partial charge on any atom is -0.550 e. The van der Waals surface area contributed by atoms with Gasteiger partial charge < -0.3 is 20.1 Å². The summed E-state index contributed by atoms with van der Waals surface area (Å²) in [6, 6.07) is 0. The molecule has 2 N–H and O–H groups in total. The second-order valence-electron chi connectivity index (χ2n) is 11.6. The van der Waals surface area contributed by atoms with Crippen molar-refractivity contribution in [2.75, 3.05) is 0 Å². The Kier molecular flexibility index (Phi) is 7.48. The molecule has 4 aliphatic rings. The van der Waals surface area contributed by atoms with Crippen LogP contribution >= 0.6 is 0 Å². The van der Waals surface area contributed by atoms with Gasteiger partial charge in [-0.1, -0.05) is 40.5 Å². The third-order valence-electron chi connectivity index (χ3n) is 10.6. The average molecular weight is 429 g/mol. The Morgan fingerprint density at radius 2 is 1.80 bits per heavy atom. The summed E-state index contributed by atoms with van der Waals surface area (Å²) < 4.78 is 0. The van der Waals surface area contributed by atoms with Crippen LogP contribution in [0.15, 0.2) is 0 Å². The number of fused-ring (bicyclic) bond motifs is 5. The smallest absolute Gasteiger partial charge is 0.550 e. The molecule has 0 radical (unpaired) electrons. The molecular weight excluding hydrogens is 387 g/mol. The van der Waals surface area contributed by atoms with Crippen molar-refractivity contribution >= 4 is 5.97 Å². The fourth-order valence-corrected chi connectivity index (χ4v) is 9.08. The van der Waals surface area contributed by atoms with Crippen molar-refractivity contribution in [3.8, 4) is 0 Å². The van der Waals surface area contributed by atoms with Crippen molar-refractivity contribution in [3.63, 3.8) is 0 Å². The first-order valence-electron chi connectivity index (χ1n) is 12.2. The van der Waals surface area contributed by atoms with Gasteiger partial charge in [0.05, 0.1) is 12.2 Å². The zero-order chi connectivity index (χ0) is 21.1. The van der Waals surface area contributed by atoms with Gasteiger partial charge in [0.15, 0.2) is 0 Å². The Balaban J connectivity index is 0.00000256. The number of hydrogen-bond donors (Lipinski definition) is 2. The van der Waals surface area contributed by atoms with Crippen LogP contribution < -0.4 is 34.7 Å². The van der Waals surface area contributed by atoms with Crippen molar-refractivity contribution in [2.24, 2.45) is 52.3 Å². The minimum absolute atomic E-state index is 0. The summed E-state index contributed by atoms with van der Waals surface area (Å²) in [5, 5.41) is 34.1. The number of carbonyl (C=O) groups is 1. The molecule has 11 atom stereocenters. The molecule has 0 aliphatic heterocycles. The van der Waals surface area contributed by atoms with Crippen LogP contribution in [0, 0.1) is 52.3 Å². The molecule has 0 bridgehead atoms. The number of carbonyl (C=O) groups excluding carboxylic acids is 1. The van der Waals surface area contributed by atoms with Gasteiger partial charge in [-0.15, -0.1) is 0 Å². The average Bonchev–Trinajstić information content (AvgIpc) is 3.01. The van der Waals surface area contributed by atoms with Crippen LogP contribution in [0.3, 0.4) is 0 Å². The Morgan fingerprint density at radius 1 is 1.10 bits per heavy atom. The summed E-state index contributed by atoms with van der Waals surface area (Å²) in [7, 11) is 0. The number of rotatable bonds is 4. The van der Waals surface area contributed by atoms with Crippen molar-refractivity contribution in [1.29, 1.82) is 0 Å². The van der Waals surface area contributed by atoms with Gasteiger partial charge in [0.2, 0.25) is 0 Å². The molecule has 0 aromatic carbocycles. The largest absolute Gasteiger partial charge is 1.00 e. The van der Waals surface area contributed by atoms with E-state index in [4.69, 9.17) is 0 Å². The van der Waals surface area contributed by atoms with Gasteiger partial charge in [0.25, 0.3) is 0 Å². The van der Waals surface area contributed by atoms with Crippen LogP contribution in [0.5, 0.6) is 0 Å². The van der Waals surface area contributed by atoms with E-state index in [1.54, 1.807) is 0 Å². The van der Waals surface area contributed by atoms with Crippen molar-refractivity contribution in [1.82, 2.24) is 0 Å². The first kappa shape index (κ1) is 25.0. The van der Waals surface area contributed by atoms with Gasteiger partial charge in [-0.05, 0) is 91.3 Å². The first-order valence-corrected chi connectivity index (χ1v) is 12.2. The second kappa shape index (κ2) is 8.97. The summed E-state index contributed by atoms with van der Waals surface area (Å²) in [5.41, 5.74) is -0.147. The molecule has 0 saturated heterocycles. The van der Waals surface area contributed by atoms with E-state index in [0.717, 1.165) is 38.5 Å². The quantitative estimate of drug-likeness (QED) is 0.635. The molecule has 4 saturated carbocycles. The molecule has 4 fully saturated rings. The molecule has 0 aromatic heterocycles. The fraction of sp³-hybridized carbons (Fsp3) is 0.960. The van der Waals surface area contributed by atoms with E-state index in [9.17, 15) is 20.1 Å². The summed E-state index contributed by atoms with van der Waals surface area (Å²) >= 11 is 0. The number of aliphatic carboxylic acids is 1. The molecule has 0 amide bonds. The number of hydrogen-bond acceptors (Lipinski definition) is 4. The van der Waals surface area contributed by atoms with Crippen LogP contribution in [0.1, 0.15) is 85.5 Å². The summed E-state index contributed by atoms with van der Waals surface area (Å²) in [6.07, 6.45) is 7.65. The van der Waals surface area contributed by atoms with E-state index < -0.39 is 11.9 Å². The second-order valence-corrected chi connectivity index (χ2v) is 11.6. The molecule has 0 aromatic rings. The molecule has 5 heteroatoms. The summed E-state index contributed by atoms with van der Waals surface area (Å²) in [4.78, 5) is 12.3. The Bertz CT molecular complexity index is 641. The van der Waals surface area contributed by atoms with Crippen LogP contribution in [0.25, 0.3) is 0 Å². The molecular formula is C25H41NaO4. The van der Waals surface area contributed by atoms with Crippen LogP contribution in [-0.2, 0) is 4.79 Å². The van der Waals surface area contributed by atoms with E-state index >= 15 is 0 Å². The van der Waals surface area contributed by atoms with Gasteiger partial charge >= 0.3 is 29.6 Å².